The van der Waals surface area contributed by atoms with E-state index in [0.717, 1.165) is 12.1 Å². The molecule has 0 aliphatic heterocycles. The van der Waals surface area contributed by atoms with Crippen LogP contribution in [0, 0.1) is 0 Å². The zero-order valence-electron chi connectivity index (χ0n) is 8.08. The highest BCUT2D eigenvalue weighted by Crippen LogP contribution is 1.92. The van der Waals surface area contributed by atoms with Crippen LogP contribution in [0.5, 0.6) is 0 Å². The van der Waals surface area contributed by atoms with Gasteiger partial charge in [-0.3, -0.25) is 4.57 Å². The first-order chi connectivity index (χ1) is 6.15. The van der Waals surface area contributed by atoms with Gasteiger partial charge in [-0.25, -0.2) is 4.79 Å². The lowest BCUT2D eigenvalue weighted by Gasteiger charge is -2.04. The number of hydrogen-bond acceptors (Lipinski definition) is 2. The molecule has 1 heterocycles. The molecule has 72 valence electrons. The van der Waals surface area contributed by atoms with Crippen molar-refractivity contribution in [3.8, 4) is 0 Å². The van der Waals surface area contributed by atoms with Crippen LogP contribution in [-0.4, -0.2) is 22.7 Å². The van der Waals surface area contributed by atoms with Gasteiger partial charge in [0.15, 0.2) is 0 Å². The summed E-state index contributed by atoms with van der Waals surface area (Å²) in [5.41, 5.74) is 0.994. The van der Waals surface area contributed by atoms with E-state index in [-0.39, 0.29) is 5.69 Å². The van der Waals surface area contributed by atoms with Crippen molar-refractivity contribution in [3.63, 3.8) is 0 Å². The van der Waals surface area contributed by atoms with Crippen molar-refractivity contribution in [2.75, 3.05) is 13.6 Å². The highest BCUT2D eigenvalue weighted by atomic mass is 16.1. The molecular weight excluding hydrogens is 166 g/mol. The van der Waals surface area contributed by atoms with Gasteiger partial charge in [0.05, 0.1) is 0 Å². The molecule has 0 unspecified atom stereocenters. The maximum Gasteiger partial charge on any atom is 0.328 e. The van der Waals surface area contributed by atoms with Crippen LogP contribution in [0.25, 0.3) is 0 Å². The number of aryl methyl sites for hydroxylation is 1. The summed E-state index contributed by atoms with van der Waals surface area (Å²) in [7, 11) is 3.60. The summed E-state index contributed by atoms with van der Waals surface area (Å²) in [6, 6.07) is 0. The number of aromatic nitrogens is 2. The van der Waals surface area contributed by atoms with Gasteiger partial charge in [0.25, 0.3) is 0 Å². The van der Waals surface area contributed by atoms with Gasteiger partial charge in [0, 0.05) is 32.5 Å². The molecular formula is C9H15N3O. The van der Waals surface area contributed by atoms with E-state index in [0.29, 0.717) is 6.54 Å². The van der Waals surface area contributed by atoms with Gasteiger partial charge in [0.2, 0.25) is 0 Å². The molecule has 4 nitrogen and oxygen atoms in total. The summed E-state index contributed by atoms with van der Waals surface area (Å²) in [6.45, 7) is 5.18. The first-order valence-corrected chi connectivity index (χ1v) is 4.18. The van der Waals surface area contributed by atoms with Gasteiger partial charge in [0.1, 0.15) is 0 Å². The molecule has 1 rings (SSSR count). The van der Waals surface area contributed by atoms with E-state index < -0.39 is 0 Å². The van der Waals surface area contributed by atoms with Gasteiger partial charge in [-0.1, -0.05) is 6.58 Å². The van der Waals surface area contributed by atoms with Crippen LogP contribution in [0.1, 0.15) is 0 Å². The Balaban J connectivity index is 2.69. The second-order valence-electron chi connectivity index (χ2n) is 3.10. The minimum absolute atomic E-state index is 0.00254. The maximum absolute atomic E-state index is 11.4. The van der Waals surface area contributed by atoms with E-state index in [4.69, 9.17) is 0 Å². The minimum Gasteiger partial charge on any atom is -0.316 e. The quantitative estimate of drug-likeness (QED) is 0.662. The number of rotatable bonds is 4. The predicted molar refractivity (Wildman–Crippen MR) is 52.7 cm³/mol. The second-order valence-corrected chi connectivity index (χ2v) is 3.10. The average molecular weight is 181 g/mol. The number of nitrogens with zero attached hydrogens (tertiary/aromatic N) is 2. The summed E-state index contributed by atoms with van der Waals surface area (Å²) in [5.74, 6) is 0. The van der Waals surface area contributed by atoms with E-state index in [1.807, 2.05) is 7.05 Å². The summed E-state index contributed by atoms with van der Waals surface area (Å²) in [6.07, 6.45) is 3.51. The molecule has 0 spiro atoms. The highest BCUT2D eigenvalue weighted by Gasteiger charge is 2.00. The molecule has 0 aliphatic carbocycles. The largest absolute Gasteiger partial charge is 0.328 e. The molecule has 0 saturated carbocycles. The topological polar surface area (TPSA) is 39.0 Å². The van der Waals surface area contributed by atoms with Crippen molar-refractivity contribution in [1.29, 1.82) is 0 Å². The van der Waals surface area contributed by atoms with Crippen LogP contribution in [-0.2, 0) is 13.6 Å². The number of imidazole rings is 1. The third kappa shape index (κ3) is 2.32. The Labute approximate surface area is 77.5 Å². The highest BCUT2D eigenvalue weighted by molar-refractivity contribution is 4.98. The molecule has 0 atom stereocenters. The summed E-state index contributed by atoms with van der Waals surface area (Å²) < 4.78 is 3.19. The van der Waals surface area contributed by atoms with Gasteiger partial charge in [-0.05, 0) is 12.6 Å². The normalized spacial score (nSPS) is 10.3. The summed E-state index contributed by atoms with van der Waals surface area (Å²) in [4.78, 5) is 11.4. The lowest BCUT2D eigenvalue weighted by Crippen LogP contribution is -2.24. The average Bonchev–Trinajstić information content (AvgIpc) is 2.37. The SMILES string of the molecule is C=C(CNC)Cn1ccn(C)c1=O. The maximum atomic E-state index is 11.4. The molecule has 0 aromatic carbocycles. The van der Waals surface area contributed by atoms with Gasteiger partial charge < -0.3 is 9.88 Å². The molecule has 4 heteroatoms. The summed E-state index contributed by atoms with van der Waals surface area (Å²) in [5, 5.41) is 2.99. The molecule has 1 aromatic rings. The van der Waals surface area contributed by atoms with Crippen molar-refractivity contribution < 1.29 is 0 Å². The first-order valence-electron chi connectivity index (χ1n) is 4.18. The fourth-order valence-electron chi connectivity index (χ4n) is 1.18. The minimum atomic E-state index is -0.00254. The van der Waals surface area contributed by atoms with E-state index in [1.165, 1.54) is 0 Å². The van der Waals surface area contributed by atoms with E-state index in [9.17, 15) is 4.79 Å². The monoisotopic (exact) mass is 181 g/mol. The predicted octanol–water partition coefficient (Wildman–Crippen LogP) is -0.0376. The number of likely N-dealkylation sites (N-methyl/N-ethyl adjacent to an activating group) is 1. The van der Waals surface area contributed by atoms with Crippen molar-refractivity contribution in [3.05, 3.63) is 35.0 Å². The van der Waals surface area contributed by atoms with Crippen LogP contribution in [0.3, 0.4) is 0 Å². The Hall–Kier alpha value is -1.29. The van der Waals surface area contributed by atoms with Crippen molar-refractivity contribution in [2.24, 2.45) is 7.05 Å². The molecule has 0 amide bonds. The van der Waals surface area contributed by atoms with Crippen LogP contribution < -0.4 is 11.0 Å². The third-order valence-corrected chi connectivity index (χ3v) is 1.84. The molecule has 1 aromatic heterocycles. The van der Waals surface area contributed by atoms with Crippen LogP contribution in [0.2, 0.25) is 0 Å². The van der Waals surface area contributed by atoms with Gasteiger partial charge in [-0.15, -0.1) is 0 Å². The second kappa shape index (κ2) is 4.09. The molecule has 1 N–H and O–H groups in total. The fraction of sp³-hybridized carbons (Fsp3) is 0.444. The Bertz CT molecular complexity index is 348. The molecule has 0 saturated heterocycles. The molecule has 0 fully saturated rings. The standard InChI is InChI=1S/C9H15N3O/c1-8(6-10-2)7-12-5-4-11(3)9(12)13/h4-5,10H,1,6-7H2,2-3H3. The van der Waals surface area contributed by atoms with E-state index in [1.54, 1.807) is 28.6 Å². The van der Waals surface area contributed by atoms with Gasteiger partial charge >= 0.3 is 5.69 Å². The van der Waals surface area contributed by atoms with E-state index >= 15 is 0 Å². The molecule has 0 radical (unpaired) electrons. The third-order valence-electron chi connectivity index (χ3n) is 1.84. The Morgan fingerprint density at radius 3 is 2.77 bits per heavy atom. The Morgan fingerprint density at radius 1 is 1.62 bits per heavy atom. The number of hydrogen-bond donors (Lipinski definition) is 1. The zero-order valence-corrected chi connectivity index (χ0v) is 8.08. The van der Waals surface area contributed by atoms with Crippen molar-refractivity contribution in [2.45, 2.75) is 6.54 Å². The van der Waals surface area contributed by atoms with Crippen molar-refractivity contribution in [1.82, 2.24) is 14.5 Å². The van der Waals surface area contributed by atoms with Crippen molar-refractivity contribution >= 4 is 0 Å². The lowest BCUT2D eigenvalue weighted by atomic mass is 10.3. The Morgan fingerprint density at radius 2 is 2.31 bits per heavy atom. The molecule has 0 aliphatic rings. The first kappa shape index (κ1) is 9.80. The van der Waals surface area contributed by atoms with Crippen LogP contribution >= 0.6 is 0 Å². The lowest BCUT2D eigenvalue weighted by molar-refractivity contribution is 0.687. The van der Waals surface area contributed by atoms with Crippen LogP contribution in [0.4, 0.5) is 0 Å². The zero-order chi connectivity index (χ0) is 9.84. The molecule has 13 heavy (non-hydrogen) atoms. The smallest absolute Gasteiger partial charge is 0.316 e. The molecule has 0 bridgehead atoms. The van der Waals surface area contributed by atoms with Gasteiger partial charge in [-0.2, -0.15) is 0 Å². The summed E-state index contributed by atoms with van der Waals surface area (Å²) >= 11 is 0. The fourth-order valence-corrected chi connectivity index (χ4v) is 1.18. The Kier molecular flexibility index (Phi) is 3.08. The number of nitrogens with one attached hydrogen (secondary N) is 1. The van der Waals surface area contributed by atoms with E-state index in [2.05, 4.69) is 11.9 Å². The van der Waals surface area contributed by atoms with Crippen LogP contribution in [0.15, 0.2) is 29.3 Å².